The van der Waals surface area contributed by atoms with Crippen molar-refractivity contribution >= 4 is 0 Å². The standard InChI is InChI=1S/C17H20FNO/c1-3-4-13-5-8-15(9-6-13)20-17-10-7-14(12-19-2)11-16(17)18/h5-11,19H,3-4,12H2,1-2H3. The maximum atomic E-state index is 13.9. The number of benzene rings is 2. The largest absolute Gasteiger partial charge is 0.454 e. The van der Waals surface area contributed by atoms with Gasteiger partial charge in [-0.2, -0.15) is 0 Å². The summed E-state index contributed by atoms with van der Waals surface area (Å²) in [4.78, 5) is 0. The van der Waals surface area contributed by atoms with Crippen molar-refractivity contribution in [2.24, 2.45) is 0 Å². The van der Waals surface area contributed by atoms with E-state index in [1.165, 1.54) is 11.6 Å². The van der Waals surface area contributed by atoms with E-state index in [2.05, 4.69) is 12.2 Å². The summed E-state index contributed by atoms with van der Waals surface area (Å²) in [7, 11) is 1.83. The van der Waals surface area contributed by atoms with Crippen molar-refractivity contribution in [1.82, 2.24) is 5.32 Å². The summed E-state index contributed by atoms with van der Waals surface area (Å²) < 4.78 is 19.5. The molecule has 0 amide bonds. The number of rotatable bonds is 6. The SMILES string of the molecule is CCCc1ccc(Oc2ccc(CNC)cc2F)cc1. The Bertz CT molecular complexity index is 551. The minimum absolute atomic E-state index is 0.257. The highest BCUT2D eigenvalue weighted by atomic mass is 19.1. The Balaban J connectivity index is 2.09. The summed E-state index contributed by atoms with van der Waals surface area (Å²) in [6.07, 6.45) is 2.16. The second-order valence-corrected chi connectivity index (χ2v) is 4.79. The van der Waals surface area contributed by atoms with Gasteiger partial charge in [-0.1, -0.05) is 31.5 Å². The first kappa shape index (κ1) is 14.5. The van der Waals surface area contributed by atoms with E-state index < -0.39 is 0 Å². The summed E-state index contributed by atoms with van der Waals surface area (Å²) in [5.41, 5.74) is 2.17. The molecule has 0 radical (unpaired) electrons. The summed E-state index contributed by atoms with van der Waals surface area (Å²) in [6.45, 7) is 2.79. The van der Waals surface area contributed by atoms with Gasteiger partial charge in [-0.25, -0.2) is 4.39 Å². The van der Waals surface area contributed by atoms with Crippen LogP contribution in [0.25, 0.3) is 0 Å². The van der Waals surface area contributed by atoms with E-state index in [0.29, 0.717) is 12.3 Å². The average Bonchev–Trinajstić information content (AvgIpc) is 2.44. The van der Waals surface area contributed by atoms with Gasteiger partial charge < -0.3 is 10.1 Å². The fourth-order valence-corrected chi connectivity index (χ4v) is 2.08. The normalized spacial score (nSPS) is 10.6. The summed E-state index contributed by atoms with van der Waals surface area (Å²) in [6, 6.07) is 12.8. The van der Waals surface area contributed by atoms with Crippen LogP contribution in [0.5, 0.6) is 11.5 Å². The first-order valence-corrected chi connectivity index (χ1v) is 6.92. The lowest BCUT2D eigenvalue weighted by Gasteiger charge is -2.09. The molecule has 1 N–H and O–H groups in total. The second kappa shape index (κ2) is 7.06. The van der Waals surface area contributed by atoms with Gasteiger partial charge in [0.1, 0.15) is 5.75 Å². The molecule has 0 aliphatic carbocycles. The molecule has 0 heterocycles. The van der Waals surface area contributed by atoms with E-state index in [1.54, 1.807) is 6.07 Å². The Morgan fingerprint density at radius 2 is 1.75 bits per heavy atom. The van der Waals surface area contributed by atoms with Crippen LogP contribution >= 0.6 is 0 Å². The number of nitrogens with one attached hydrogen (secondary N) is 1. The molecule has 0 aromatic heterocycles. The fourth-order valence-electron chi connectivity index (χ4n) is 2.08. The van der Waals surface area contributed by atoms with Crippen molar-refractivity contribution < 1.29 is 9.13 Å². The molecular formula is C17H20FNO. The third kappa shape index (κ3) is 3.81. The van der Waals surface area contributed by atoms with Gasteiger partial charge in [0.05, 0.1) is 0 Å². The maximum absolute atomic E-state index is 13.9. The topological polar surface area (TPSA) is 21.3 Å². The Labute approximate surface area is 119 Å². The highest BCUT2D eigenvalue weighted by Gasteiger charge is 2.06. The molecule has 3 heteroatoms. The average molecular weight is 273 g/mol. The molecule has 0 bridgehead atoms. The number of halogens is 1. The molecule has 0 aliphatic heterocycles. The van der Waals surface area contributed by atoms with Crippen molar-refractivity contribution in [1.29, 1.82) is 0 Å². The fraction of sp³-hybridized carbons (Fsp3) is 0.294. The lowest BCUT2D eigenvalue weighted by molar-refractivity contribution is 0.441. The Morgan fingerprint density at radius 1 is 1.05 bits per heavy atom. The van der Waals surface area contributed by atoms with Crippen molar-refractivity contribution in [3.05, 3.63) is 59.4 Å². The zero-order chi connectivity index (χ0) is 14.4. The van der Waals surface area contributed by atoms with Gasteiger partial charge in [0, 0.05) is 6.54 Å². The van der Waals surface area contributed by atoms with Crippen LogP contribution in [0.1, 0.15) is 24.5 Å². The van der Waals surface area contributed by atoms with Crippen LogP contribution in [0.2, 0.25) is 0 Å². The van der Waals surface area contributed by atoms with Gasteiger partial charge in [-0.15, -0.1) is 0 Å². The van der Waals surface area contributed by atoms with Crippen LogP contribution in [-0.2, 0) is 13.0 Å². The quantitative estimate of drug-likeness (QED) is 0.847. The van der Waals surface area contributed by atoms with Crippen LogP contribution in [0.4, 0.5) is 4.39 Å². The van der Waals surface area contributed by atoms with Crippen LogP contribution in [-0.4, -0.2) is 7.05 Å². The third-order valence-corrected chi connectivity index (χ3v) is 3.07. The molecule has 0 aliphatic rings. The molecule has 20 heavy (non-hydrogen) atoms. The van der Waals surface area contributed by atoms with E-state index in [0.717, 1.165) is 18.4 Å². The van der Waals surface area contributed by atoms with Gasteiger partial charge in [-0.05, 0) is 48.9 Å². The van der Waals surface area contributed by atoms with Crippen LogP contribution in [0.3, 0.4) is 0 Å². The number of aryl methyl sites for hydroxylation is 1. The second-order valence-electron chi connectivity index (χ2n) is 4.79. The monoisotopic (exact) mass is 273 g/mol. The van der Waals surface area contributed by atoms with E-state index >= 15 is 0 Å². The van der Waals surface area contributed by atoms with Gasteiger partial charge >= 0.3 is 0 Å². The highest BCUT2D eigenvalue weighted by molar-refractivity contribution is 5.35. The molecule has 0 fully saturated rings. The van der Waals surface area contributed by atoms with E-state index in [-0.39, 0.29) is 11.6 Å². The molecule has 0 atom stereocenters. The van der Waals surface area contributed by atoms with Gasteiger partial charge in [-0.3, -0.25) is 0 Å². The predicted octanol–water partition coefficient (Wildman–Crippen LogP) is 4.29. The molecule has 0 spiro atoms. The number of hydrogen-bond acceptors (Lipinski definition) is 2. The number of hydrogen-bond donors (Lipinski definition) is 1. The van der Waals surface area contributed by atoms with Crippen molar-refractivity contribution in [2.45, 2.75) is 26.3 Å². The van der Waals surface area contributed by atoms with E-state index in [9.17, 15) is 4.39 Å². The van der Waals surface area contributed by atoms with Gasteiger partial charge in [0.25, 0.3) is 0 Å². The molecule has 2 nitrogen and oxygen atoms in total. The number of ether oxygens (including phenoxy) is 1. The van der Waals surface area contributed by atoms with Gasteiger partial charge in [0.2, 0.25) is 0 Å². The molecule has 2 rings (SSSR count). The molecule has 0 saturated heterocycles. The van der Waals surface area contributed by atoms with Crippen LogP contribution in [0.15, 0.2) is 42.5 Å². The lowest BCUT2D eigenvalue weighted by atomic mass is 10.1. The Morgan fingerprint density at radius 3 is 2.35 bits per heavy atom. The zero-order valence-corrected chi connectivity index (χ0v) is 11.9. The Hall–Kier alpha value is -1.87. The minimum Gasteiger partial charge on any atom is -0.454 e. The molecule has 106 valence electrons. The van der Waals surface area contributed by atoms with E-state index in [1.807, 2.05) is 37.4 Å². The molecule has 2 aromatic rings. The van der Waals surface area contributed by atoms with Crippen LogP contribution < -0.4 is 10.1 Å². The smallest absolute Gasteiger partial charge is 0.166 e. The summed E-state index contributed by atoms with van der Waals surface area (Å²) in [5, 5.41) is 2.99. The third-order valence-electron chi connectivity index (χ3n) is 3.07. The summed E-state index contributed by atoms with van der Waals surface area (Å²) in [5.74, 6) is 0.577. The zero-order valence-electron chi connectivity index (χ0n) is 11.9. The highest BCUT2D eigenvalue weighted by Crippen LogP contribution is 2.25. The first-order valence-electron chi connectivity index (χ1n) is 6.92. The molecule has 0 unspecified atom stereocenters. The molecule has 0 saturated carbocycles. The van der Waals surface area contributed by atoms with Gasteiger partial charge in [0.15, 0.2) is 11.6 Å². The van der Waals surface area contributed by atoms with Crippen molar-refractivity contribution in [3.63, 3.8) is 0 Å². The Kier molecular flexibility index (Phi) is 5.13. The molecular weight excluding hydrogens is 253 g/mol. The first-order chi connectivity index (χ1) is 9.72. The lowest BCUT2D eigenvalue weighted by Crippen LogP contribution is -2.05. The van der Waals surface area contributed by atoms with Crippen molar-refractivity contribution in [3.8, 4) is 11.5 Å². The maximum Gasteiger partial charge on any atom is 0.166 e. The van der Waals surface area contributed by atoms with Crippen molar-refractivity contribution in [2.75, 3.05) is 7.05 Å². The summed E-state index contributed by atoms with van der Waals surface area (Å²) >= 11 is 0. The van der Waals surface area contributed by atoms with E-state index in [4.69, 9.17) is 4.74 Å². The predicted molar refractivity (Wildman–Crippen MR) is 79.7 cm³/mol. The molecule has 2 aromatic carbocycles. The minimum atomic E-state index is -0.338. The van der Waals surface area contributed by atoms with Crippen LogP contribution in [0, 0.1) is 5.82 Å².